The molecule has 0 aliphatic heterocycles. The third-order valence-corrected chi connectivity index (χ3v) is 2.45. The summed E-state index contributed by atoms with van der Waals surface area (Å²) in [5, 5.41) is 2.59. The molecule has 0 bridgehead atoms. The lowest BCUT2D eigenvalue weighted by Gasteiger charge is -2.05. The van der Waals surface area contributed by atoms with Gasteiger partial charge in [-0.2, -0.15) is 0 Å². The van der Waals surface area contributed by atoms with E-state index in [1.54, 1.807) is 12.1 Å². The molecule has 0 spiro atoms. The van der Waals surface area contributed by atoms with Crippen LogP contribution in [0.25, 0.3) is 0 Å². The van der Waals surface area contributed by atoms with Crippen LogP contribution in [0.2, 0.25) is 0 Å². The molecule has 0 aromatic heterocycles. The van der Waals surface area contributed by atoms with Gasteiger partial charge >= 0.3 is 0 Å². The van der Waals surface area contributed by atoms with Gasteiger partial charge in [0.05, 0.1) is 4.47 Å². The maximum absolute atomic E-state index is 13.1. The van der Waals surface area contributed by atoms with Crippen LogP contribution in [0.15, 0.2) is 22.7 Å². The van der Waals surface area contributed by atoms with Gasteiger partial charge in [0.25, 0.3) is 0 Å². The first-order valence-corrected chi connectivity index (χ1v) is 5.37. The first-order valence-electron chi connectivity index (χ1n) is 4.58. The summed E-state index contributed by atoms with van der Waals surface area (Å²) in [5.41, 5.74) is 5.72. The molecule has 82 valence electrons. The molecule has 0 aliphatic carbocycles. The molecule has 0 aliphatic rings. The fourth-order valence-electron chi connectivity index (χ4n) is 1.06. The Hall–Kier alpha value is -0.940. The van der Waals surface area contributed by atoms with Crippen LogP contribution in [0.5, 0.6) is 0 Å². The summed E-state index contributed by atoms with van der Waals surface area (Å²) in [4.78, 5) is 11.3. The molecule has 3 nitrogen and oxygen atoms in total. The minimum Gasteiger partial charge on any atom is -0.330 e. The molecule has 3 N–H and O–H groups in total. The zero-order chi connectivity index (χ0) is 11.3. The summed E-state index contributed by atoms with van der Waals surface area (Å²) in [7, 11) is 0. The molecule has 0 fully saturated rings. The van der Waals surface area contributed by atoms with Crippen LogP contribution < -0.4 is 11.1 Å². The van der Waals surface area contributed by atoms with Crippen LogP contribution in [-0.4, -0.2) is 12.5 Å². The first kappa shape index (κ1) is 12.1. The summed E-state index contributed by atoms with van der Waals surface area (Å²) >= 11 is 3.03. The lowest BCUT2D eigenvalue weighted by molar-refractivity contribution is -0.116. The van der Waals surface area contributed by atoms with Gasteiger partial charge in [0.1, 0.15) is 5.82 Å². The number of rotatable bonds is 4. The average molecular weight is 275 g/mol. The molecule has 0 radical (unpaired) electrons. The zero-order valence-corrected chi connectivity index (χ0v) is 9.68. The maximum atomic E-state index is 13.1. The molecule has 5 heteroatoms. The van der Waals surface area contributed by atoms with Gasteiger partial charge in [-0.3, -0.25) is 4.79 Å². The fourth-order valence-corrected chi connectivity index (χ4v) is 1.31. The highest BCUT2D eigenvalue weighted by Crippen LogP contribution is 2.19. The Morgan fingerprint density at radius 2 is 2.27 bits per heavy atom. The van der Waals surface area contributed by atoms with Gasteiger partial charge < -0.3 is 11.1 Å². The van der Waals surface area contributed by atoms with E-state index in [9.17, 15) is 9.18 Å². The van der Waals surface area contributed by atoms with E-state index in [4.69, 9.17) is 5.73 Å². The van der Waals surface area contributed by atoms with Crippen LogP contribution >= 0.6 is 15.9 Å². The molecule has 0 atom stereocenters. The molecule has 0 saturated carbocycles. The number of carbonyl (C=O) groups is 1. The Kier molecular flexibility index (Phi) is 4.71. The predicted octanol–water partition coefficient (Wildman–Crippen LogP) is 2.27. The molecule has 1 amide bonds. The standard InChI is InChI=1S/C10H12BrFN2O/c11-8-4-3-7(6-9(8)12)14-10(15)2-1-5-13/h3-4,6H,1-2,5,13H2,(H,14,15). The van der Waals surface area contributed by atoms with Crippen molar-refractivity contribution in [1.29, 1.82) is 0 Å². The molecule has 1 rings (SSSR count). The van der Waals surface area contributed by atoms with Gasteiger partial charge in [0.15, 0.2) is 0 Å². The highest BCUT2D eigenvalue weighted by atomic mass is 79.9. The van der Waals surface area contributed by atoms with Crippen LogP contribution in [0.1, 0.15) is 12.8 Å². The van der Waals surface area contributed by atoms with E-state index < -0.39 is 5.82 Å². The van der Waals surface area contributed by atoms with Crippen molar-refractivity contribution in [1.82, 2.24) is 0 Å². The normalized spacial score (nSPS) is 10.1. The lowest BCUT2D eigenvalue weighted by Crippen LogP contribution is -2.13. The Labute approximate surface area is 96.0 Å². The van der Waals surface area contributed by atoms with Gasteiger partial charge in [-0.25, -0.2) is 4.39 Å². The Balaban J connectivity index is 2.57. The number of amides is 1. The molecule has 1 aromatic carbocycles. The minimum absolute atomic E-state index is 0.151. The van der Waals surface area contributed by atoms with Gasteiger partial charge in [-0.15, -0.1) is 0 Å². The van der Waals surface area contributed by atoms with Crippen molar-refractivity contribution >= 4 is 27.5 Å². The van der Waals surface area contributed by atoms with E-state index >= 15 is 0 Å². The number of hydrogen-bond acceptors (Lipinski definition) is 2. The Morgan fingerprint density at radius 3 is 2.87 bits per heavy atom. The Bertz CT molecular complexity index is 357. The summed E-state index contributed by atoms with van der Waals surface area (Å²) in [6.07, 6.45) is 0.985. The van der Waals surface area contributed by atoms with Crippen molar-refractivity contribution in [3.63, 3.8) is 0 Å². The average Bonchev–Trinajstić information content (AvgIpc) is 2.20. The third-order valence-electron chi connectivity index (χ3n) is 1.81. The molecular formula is C10H12BrFN2O. The van der Waals surface area contributed by atoms with Crippen molar-refractivity contribution in [2.45, 2.75) is 12.8 Å². The van der Waals surface area contributed by atoms with E-state index in [1.165, 1.54) is 6.07 Å². The van der Waals surface area contributed by atoms with Crippen LogP contribution in [-0.2, 0) is 4.79 Å². The van der Waals surface area contributed by atoms with Crippen LogP contribution in [0.3, 0.4) is 0 Å². The number of hydrogen-bond donors (Lipinski definition) is 2. The van der Waals surface area contributed by atoms with Gasteiger partial charge in [0.2, 0.25) is 5.91 Å². The van der Waals surface area contributed by atoms with E-state index in [0.717, 1.165) is 0 Å². The van der Waals surface area contributed by atoms with E-state index in [2.05, 4.69) is 21.2 Å². The maximum Gasteiger partial charge on any atom is 0.224 e. The monoisotopic (exact) mass is 274 g/mol. The number of nitrogens with one attached hydrogen (secondary N) is 1. The molecule has 0 unspecified atom stereocenters. The number of anilines is 1. The van der Waals surface area contributed by atoms with Crippen molar-refractivity contribution in [2.24, 2.45) is 5.73 Å². The second kappa shape index (κ2) is 5.82. The topological polar surface area (TPSA) is 55.1 Å². The molecule has 1 aromatic rings. The summed E-state index contributed by atoms with van der Waals surface area (Å²) < 4.78 is 13.4. The number of carbonyl (C=O) groups excluding carboxylic acids is 1. The van der Waals surface area contributed by atoms with E-state index in [1.807, 2.05) is 0 Å². The van der Waals surface area contributed by atoms with Crippen molar-refractivity contribution in [2.75, 3.05) is 11.9 Å². The van der Waals surface area contributed by atoms with E-state index in [-0.39, 0.29) is 5.91 Å². The Morgan fingerprint density at radius 1 is 1.53 bits per heavy atom. The van der Waals surface area contributed by atoms with Crippen LogP contribution in [0, 0.1) is 5.82 Å². The van der Waals surface area contributed by atoms with E-state index in [0.29, 0.717) is 29.5 Å². The predicted molar refractivity (Wildman–Crippen MR) is 61.0 cm³/mol. The van der Waals surface area contributed by atoms with Gasteiger partial charge in [-0.1, -0.05) is 0 Å². The third kappa shape index (κ3) is 3.97. The molecule has 0 heterocycles. The summed E-state index contributed by atoms with van der Waals surface area (Å²) in [6.45, 7) is 0.474. The fraction of sp³-hybridized carbons (Fsp3) is 0.300. The number of halogens is 2. The first-order chi connectivity index (χ1) is 7.13. The smallest absolute Gasteiger partial charge is 0.224 e. The highest BCUT2D eigenvalue weighted by molar-refractivity contribution is 9.10. The molecule has 0 saturated heterocycles. The number of benzene rings is 1. The highest BCUT2D eigenvalue weighted by Gasteiger charge is 2.04. The summed E-state index contributed by atoms with van der Waals surface area (Å²) in [6, 6.07) is 4.45. The lowest BCUT2D eigenvalue weighted by atomic mass is 10.2. The van der Waals surface area contributed by atoms with Crippen molar-refractivity contribution in [3.8, 4) is 0 Å². The second-order valence-electron chi connectivity index (χ2n) is 3.07. The second-order valence-corrected chi connectivity index (χ2v) is 3.92. The molecule has 15 heavy (non-hydrogen) atoms. The SMILES string of the molecule is NCCCC(=O)Nc1ccc(Br)c(F)c1. The quantitative estimate of drug-likeness (QED) is 0.885. The van der Waals surface area contributed by atoms with Gasteiger partial charge in [-0.05, 0) is 47.1 Å². The van der Waals surface area contributed by atoms with Crippen LogP contribution in [0.4, 0.5) is 10.1 Å². The minimum atomic E-state index is -0.397. The number of nitrogens with two attached hydrogens (primary N) is 1. The van der Waals surface area contributed by atoms with Crippen molar-refractivity contribution in [3.05, 3.63) is 28.5 Å². The van der Waals surface area contributed by atoms with Gasteiger partial charge in [0, 0.05) is 12.1 Å². The largest absolute Gasteiger partial charge is 0.330 e. The zero-order valence-electron chi connectivity index (χ0n) is 8.09. The molecular weight excluding hydrogens is 263 g/mol. The summed E-state index contributed by atoms with van der Waals surface area (Å²) in [5.74, 6) is -0.547. The van der Waals surface area contributed by atoms with Crippen molar-refractivity contribution < 1.29 is 9.18 Å².